The minimum absolute atomic E-state index is 0.132. The van der Waals surface area contributed by atoms with Crippen molar-refractivity contribution in [2.45, 2.75) is 68.1 Å². The Morgan fingerprint density at radius 3 is 2.68 bits per heavy atom. The average Bonchev–Trinajstić information content (AvgIpc) is 3.64. The van der Waals surface area contributed by atoms with Crippen molar-refractivity contribution in [2.24, 2.45) is 5.92 Å². The van der Waals surface area contributed by atoms with E-state index in [1.807, 2.05) is 0 Å². The van der Waals surface area contributed by atoms with Crippen LogP contribution in [0.15, 0.2) is 52.4 Å². The van der Waals surface area contributed by atoms with Crippen molar-refractivity contribution in [3.63, 3.8) is 0 Å². The number of ether oxygens (including phenoxy) is 1. The summed E-state index contributed by atoms with van der Waals surface area (Å²) in [6.45, 7) is -0.102. The number of nitrogens with zero attached hydrogens (tertiary/aromatic N) is 3. The van der Waals surface area contributed by atoms with E-state index in [9.17, 15) is 22.8 Å². The average molecular weight is 531 g/mol. The first kappa shape index (κ1) is 25.4. The lowest BCUT2D eigenvalue weighted by Crippen LogP contribution is -2.53. The number of aromatic nitrogens is 1. The van der Waals surface area contributed by atoms with Crippen LogP contribution < -0.4 is 10.1 Å². The Balaban J connectivity index is 1.34. The first-order chi connectivity index (χ1) is 17.8. The van der Waals surface area contributed by atoms with Crippen LogP contribution in [0.25, 0.3) is 0 Å². The molecule has 2 aliphatic heterocycles. The predicted octanol–water partition coefficient (Wildman–Crippen LogP) is 2.35. The zero-order valence-corrected chi connectivity index (χ0v) is 21.1. The molecule has 0 radical (unpaired) electrons. The van der Waals surface area contributed by atoms with Crippen LogP contribution in [0.4, 0.5) is 4.79 Å². The highest BCUT2D eigenvalue weighted by Gasteiger charge is 2.54. The lowest BCUT2D eigenvalue weighted by Gasteiger charge is -2.31. The SMILES string of the molecule is O=C(NC(CC1CCCCC1)C(=O)N1CCC2C1C(=O)CN2S(=O)(=O)c1ccccn1)Oc1ccoc1. The Kier molecular flexibility index (Phi) is 7.29. The van der Waals surface area contributed by atoms with Gasteiger partial charge in [-0.25, -0.2) is 18.2 Å². The molecule has 3 unspecified atom stereocenters. The number of Topliss-reactive ketones (excluding diaryl/α,β-unsaturated/α-hetero) is 1. The molecular formula is C25H30N4O7S. The van der Waals surface area contributed by atoms with Crippen LogP contribution in [0.1, 0.15) is 44.9 Å². The van der Waals surface area contributed by atoms with Gasteiger partial charge >= 0.3 is 6.09 Å². The van der Waals surface area contributed by atoms with E-state index in [0.717, 1.165) is 36.4 Å². The van der Waals surface area contributed by atoms with Gasteiger partial charge in [0, 0.05) is 18.8 Å². The molecule has 2 amide bonds. The van der Waals surface area contributed by atoms with Crippen LogP contribution in [-0.2, 0) is 19.6 Å². The molecule has 11 nitrogen and oxygen atoms in total. The maximum atomic E-state index is 13.8. The summed E-state index contributed by atoms with van der Waals surface area (Å²) in [4.78, 5) is 44.8. The molecule has 3 atom stereocenters. The molecule has 3 fully saturated rings. The Morgan fingerprint density at radius 2 is 1.97 bits per heavy atom. The Bertz CT molecular complexity index is 1230. The number of ketones is 1. The summed E-state index contributed by atoms with van der Waals surface area (Å²) in [6.07, 6.45) is 9.20. The van der Waals surface area contributed by atoms with Crippen LogP contribution in [0.5, 0.6) is 5.75 Å². The number of pyridine rings is 1. The van der Waals surface area contributed by atoms with Crippen molar-refractivity contribution in [2.75, 3.05) is 13.1 Å². The van der Waals surface area contributed by atoms with Gasteiger partial charge in [0.2, 0.25) is 5.91 Å². The van der Waals surface area contributed by atoms with Gasteiger partial charge in [-0.1, -0.05) is 38.2 Å². The maximum Gasteiger partial charge on any atom is 0.413 e. The molecule has 3 aliphatic rings. The molecule has 5 rings (SSSR count). The third-order valence-electron chi connectivity index (χ3n) is 7.46. The summed E-state index contributed by atoms with van der Waals surface area (Å²) in [6, 6.07) is 3.60. The lowest BCUT2D eigenvalue weighted by atomic mass is 9.84. The molecule has 1 saturated carbocycles. The molecule has 198 valence electrons. The molecule has 2 aromatic heterocycles. The topological polar surface area (TPSA) is 139 Å². The molecule has 1 aliphatic carbocycles. The third-order valence-corrected chi connectivity index (χ3v) is 9.25. The van der Waals surface area contributed by atoms with E-state index in [1.54, 1.807) is 12.1 Å². The number of carbonyl (C=O) groups excluding carboxylic acids is 3. The van der Waals surface area contributed by atoms with E-state index in [-0.39, 0.29) is 35.6 Å². The van der Waals surface area contributed by atoms with E-state index < -0.39 is 40.1 Å². The molecule has 2 aromatic rings. The summed E-state index contributed by atoms with van der Waals surface area (Å²) in [7, 11) is -4.00. The quantitative estimate of drug-likeness (QED) is 0.576. The second-order valence-electron chi connectivity index (χ2n) is 9.80. The normalized spacial score (nSPS) is 23.6. The van der Waals surface area contributed by atoms with Gasteiger partial charge in [0.1, 0.15) is 18.3 Å². The van der Waals surface area contributed by atoms with Gasteiger partial charge in [0.15, 0.2) is 16.6 Å². The Hall–Kier alpha value is -3.25. The highest BCUT2D eigenvalue weighted by Crippen LogP contribution is 2.35. The molecule has 0 bridgehead atoms. The van der Waals surface area contributed by atoms with Crippen LogP contribution in [0.3, 0.4) is 0 Å². The van der Waals surface area contributed by atoms with Gasteiger partial charge in [0.05, 0.1) is 18.8 Å². The first-order valence-corrected chi connectivity index (χ1v) is 14.0. The van der Waals surface area contributed by atoms with E-state index in [4.69, 9.17) is 9.15 Å². The van der Waals surface area contributed by atoms with E-state index in [0.29, 0.717) is 12.8 Å². The first-order valence-electron chi connectivity index (χ1n) is 12.6. The fraction of sp³-hybridized carbons (Fsp3) is 0.520. The number of hydrogen-bond acceptors (Lipinski definition) is 8. The van der Waals surface area contributed by atoms with Crippen molar-refractivity contribution in [1.29, 1.82) is 0 Å². The van der Waals surface area contributed by atoms with Crippen molar-refractivity contribution in [1.82, 2.24) is 19.5 Å². The van der Waals surface area contributed by atoms with Gasteiger partial charge in [0.25, 0.3) is 10.0 Å². The monoisotopic (exact) mass is 530 g/mol. The molecule has 4 heterocycles. The molecule has 12 heteroatoms. The van der Waals surface area contributed by atoms with Crippen molar-refractivity contribution in [3.8, 4) is 5.75 Å². The number of fused-ring (bicyclic) bond motifs is 1. The number of rotatable bonds is 7. The summed E-state index contributed by atoms with van der Waals surface area (Å²) in [5, 5.41) is 2.56. The standard InChI is InChI=1S/C25H30N4O7S/c30-21-15-29(37(33,34)22-8-4-5-11-26-22)20-9-12-28(23(20)21)24(31)19(14-17-6-2-1-3-7-17)27-25(32)36-18-10-13-35-16-18/h4-5,8,10-11,13,16-17,19-20,23H,1-3,6-7,9,12,14-15H2,(H,27,32). The van der Waals surface area contributed by atoms with Crippen LogP contribution in [-0.4, -0.2) is 71.6 Å². The molecule has 2 saturated heterocycles. The van der Waals surface area contributed by atoms with Crippen molar-refractivity contribution < 1.29 is 32.0 Å². The number of carbonyl (C=O) groups is 3. The zero-order chi connectivity index (χ0) is 26.0. The van der Waals surface area contributed by atoms with Gasteiger partial charge in [-0.3, -0.25) is 9.59 Å². The molecule has 37 heavy (non-hydrogen) atoms. The van der Waals surface area contributed by atoms with E-state index in [2.05, 4.69) is 10.3 Å². The van der Waals surface area contributed by atoms with E-state index >= 15 is 0 Å². The number of likely N-dealkylation sites (tertiary alicyclic amines) is 1. The zero-order valence-electron chi connectivity index (χ0n) is 20.3. The fourth-order valence-corrected chi connectivity index (χ4v) is 7.29. The second-order valence-corrected chi connectivity index (χ2v) is 11.6. The fourth-order valence-electron chi connectivity index (χ4n) is 5.73. The van der Waals surface area contributed by atoms with Crippen molar-refractivity contribution >= 4 is 27.8 Å². The van der Waals surface area contributed by atoms with Crippen molar-refractivity contribution in [3.05, 3.63) is 43.0 Å². The maximum absolute atomic E-state index is 13.8. The summed E-state index contributed by atoms with van der Waals surface area (Å²) in [5.41, 5.74) is 0. The summed E-state index contributed by atoms with van der Waals surface area (Å²) >= 11 is 0. The number of nitrogens with one attached hydrogen (secondary N) is 1. The third kappa shape index (κ3) is 5.26. The number of hydrogen-bond donors (Lipinski definition) is 1. The van der Waals surface area contributed by atoms with Crippen LogP contribution in [0.2, 0.25) is 0 Å². The van der Waals surface area contributed by atoms with Crippen LogP contribution >= 0.6 is 0 Å². The van der Waals surface area contributed by atoms with Crippen LogP contribution in [0, 0.1) is 5.92 Å². The lowest BCUT2D eigenvalue weighted by molar-refractivity contribution is -0.138. The highest BCUT2D eigenvalue weighted by atomic mass is 32.2. The molecule has 0 spiro atoms. The molecule has 0 aromatic carbocycles. The van der Waals surface area contributed by atoms with E-state index in [1.165, 1.54) is 35.8 Å². The van der Waals surface area contributed by atoms with Gasteiger partial charge < -0.3 is 19.4 Å². The largest absolute Gasteiger partial charge is 0.469 e. The van der Waals surface area contributed by atoms with Gasteiger partial charge in [-0.05, 0) is 30.9 Å². The minimum Gasteiger partial charge on any atom is -0.469 e. The number of amides is 2. The number of furan rings is 1. The smallest absolute Gasteiger partial charge is 0.413 e. The summed E-state index contributed by atoms with van der Waals surface area (Å²) in [5.74, 6) is -0.264. The molecule has 1 N–H and O–H groups in total. The Morgan fingerprint density at radius 1 is 1.16 bits per heavy atom. The molecular weight excluding hydrogens is 500 g/mol. The minimum atomic E-state index is -4.00. The number of sulfonamides is 1. The highest BCUT2D eigenvalue weighted by molar-refractivity contribution is 7.89. The van der Waals surface area contributed by atoms with Gasteiger partial charge in [-0.15, -0.1) is 0 Å². The van der Waals surface area contributed by atoms with Gasteiger partial charge in [-0.2, -0.15) is 4.31 Å². The predicted molar refractivity (Wildman–Crippen MR) is 130 cm³/mol. The summed E-state index contributed by atoms with van der Waals surface area (Å²) < 4.78 is 37.8. The Labute approximate surface area is 215 Å². The second kappa shape index (κ2) is 10.6.